The molecule has 1 aromatic carbocycles. The van der Waals surface area contributed by atoms with Crippen molar-refractivity contribution in [3.05, 3.63) is 24.3 Å². The Morgan fingerprint density at radius 1 is 1.50 bits per heavy atom. The smallest absolute Gasteiger partial charge is 0.322 e. The van der Waals surface area contributed by atoms with Gasteiger partial charge in [-0.05, 0) is 25.0 Å². The van der Waals surface area contributed by atoms with Gasteiger partial charge in [0.1, 0.15) is 5.75 Å². The maximum atomic E-state index is 12.2. The molecule has 98 valence electrons. The molecule has 18 heavy (non-hydrogen) atoms. The lowest BCUT2D eigenvalue weighted by Crippen LogP contribution is -2.40. The van der Waals surface area contributed by atoms with Gasteiger partial charge < -0.3 is 20.7 Å². The van der Waals surface area contributed by atoms with Gasteiger partial charge in [-0.25, -0.2) is 4.79 Å². The second kappa shape index (κ2) is 5.73. The first kappa shape index (κ1) is 12.7. The molecule has 0 saturated heterocycles. The number of benzene rings is 1. The van der Waals surface area contributed by atoms with Crippen LogP contribution in [0.15, 0.2) is 24.3 Å². The number of nitrogens with two attached hydrogens (primary N) is 1. The predicted molar refractivity (Wildman–Crippen MR) is 70.8 cm³/mol. The van der Waals surface area contributed by atoms with Crippen molar-refractivity contribution in [2.24, 2.45) is 5.73 Å². The highest BCUT2D eigenvalue weighted by Gasteiger charge is 2.32. The summed E-state index contributed by atoms with van der Waals surface area (Å²) in [6, 6.07) is 7.62. The van der Waals surface area contributed by atoms with Crippen LogP contribution in [0.2, 0.25) is 0 Å². The van der Waals surface area contributed by atoms with Crippen LogP contribution < -0.4 is 15.8 Å². The van der Waals surface area contributed by atoms with Gasteiger partial charge in [0.25, 0.3) is 0 Å². The van der Waals surface area contributed by atoms with Gasteiger partial charge in [0.05, 0.1) is 12.8 Å². The number of hydrogen-bond donors (Lipinski definition) is 2. The van der Waals surface area contributed by atoms with Crippen molar-refractivity contribution < 1.29 is 9.53 Å². The van der Waals surface area contributed by atoms with E-state index in [2.05, 4.69) is 5.32 Å². The van der Waals surface area contributed by atoms with E-state index in [0.29, 0.717) is 30.6 Å². The summed E-state index contributed by atoms with van der Waals surface area (Å²) in [5.74, 6) is 0.661. The average Bonchev–Trinajstić information content (AvgIpc) is 3.20. The van der Waals surface area contributed by atoms with Gasteiger partial charge in [-0.15, -0.1) is 0 Å². The molecule has 1 aliphatic carbocycles. The fourth-order valence-electron chi connectivity index (χ4n) is 1.91. The molecule has 1 aliphatic rings. The van der Waals surface area contributed by atoms with Crippen molar-refractivity contribution in [2.75, 3.05) is 25.5 Å². The summed E-state index contributed by atoms with van der Waals surface area (Å²) in [6.07, 6.45) is 2.14. The monoisotopic (exact) mass is 249 g/mol. The van der Waals surface area contributed by atoms with Gasteiger partial charge in [0.15, 0.2) is 0 Å². The highest BCUT2D eigenvalue weighted by atomic mass is 16.5. The summed E-state index contributed by atoms with van der Waals surface area (Å²) in [5, 5.41) is 2.87. The zero-order valence-corrected chi connectivity index (χ0v) is 10.6. The first-order chi connectivity index (χ1) is 8.76. The van der Waals surface area contributed by atoms with Crippen LogP contribution in [0.5, 0.6) is 5.75 Å². The number of methoxy groups -OCH3 is 1. The Balaban J connectivity index is 2.04. The van der Waals surface area contributed by atoms with Crippen LogP contribution in [0.4, 0.5) is 10.5 Å². The van der Waals surface area contributed by atoms with Crippen molar-refractivity contribution in [3.63, 3.8) is 0 Å². The number of ether oxygens (including phenoxy) is 1. The SMILES string of the molecule is COc1ccccc1NC(=O)N(CCN)C1CC1. The number of para-hydroxylation sites is 2. The van der Waals surface area contributed by atoms with E-state index in [1.54, 1.807) is 12.0 Å². The van der Waals surface area contributed by atoms with Crippen molar-refractivity contribution in [2.45, 2.75) is 18.9 Å². The molecule has 0 heterocycles. The Morgan fingerprint density at radius 3 is 2.83 bits per heavy atom. The fourth-order valence-corrected chi connectivity index (χ4v) is 1.91. The van der Waals surface area contributed by atoms with Crippen molar-refractivity contribution in [1.29, 1.82) is 0 Å². The van der Waals surface area contributed by atoms with Gasteiger partial charge in [-0.1, -0.05) is 12.1 Å². The minimum atomic E-state index is -0.104. The highest BCUT2D eigenvalue weighted by Crippen LogP contribution is 2.28. The van der Waals surface area contributed by atoms with Crippen LogP contribution in [-0.2, 0) is 0 Å². The molecule has 0 spiro atoms. The van der Waals surface area contributed by atoms with E-state index in [1.165, 1.54) is 0 Å². The van der Waals surface area contributed by atoms with Crippen LogP contribution >= 0.6 is 0 Å². The molecule has 0 aliphatic heterocycles. The van der Waals surface area contributed by atoms with Crippen LogP contribution in [0, 0.1) is 0 Å². The molecule has 3 N–H and O–H groups in total. The average molecular weight is 249 g/mol. The zero-order valence-electron chi connectivity index (χ0n) is 10.6. The number of hydrogen-bond acceptors (Lipinski definition) is 3. The summed E-state index contributed by atoms with van der Waals surface area (Å²) in [4.78, 5) is 14.0. The second-order valence-corrected chi connectivity index (χ2v) is 4.34. The standard InChI is InChI=1S/C13H19N3O2/c1-18-12-5-3-2-4-11(12)15-13(17)16(9-8-14)10-6-7-10/h2-5,10H,6-9,14H2,1H3,(H,15,17). The van der Waals surface area contributed by atoms with E-state index >= 15 is 0 Å². The summed E-state index contributed by atoms with van der Waals surface area (Å²) in [6.45, 7) is 1.07. The Labute approximate surface area is 107 Å². The number of urea groups is 1. The van der Waals surface area contributed by atoms with Crippen molar-refractivity contribution >= 4 is 11.7 Å². The number of nitrogens with one attached hydrogen (secondary N) is 1. The highest BCUT2D eigenvalue weighted by molar-refractivity contribution is 5.91. The molecule has 5 nitrogen and oxygen atoms in total. The predicted octanol–water partition coefficient (Wildman–Crippen LogP) is 1.65. The first-order valence-corrected chi connectivity index (χ1v) is 6.17. The van der Waals surface area contributed by atoms with Gasteiger partial charge in [0.2, 0.25) is 0 Å². The third-order valence-corrected chi connectivity index (χ3v) is 2.97. The molecule has 1 aromatic rings. The van der Waals surface area contributed by atoms with Crippen LogP contribution in [0.25, 0.3) is 0 Å². The summed E-state index contributed by atoms with van der Waals surface area (Å²) in [5.41, 5.74) is 6.22. The molecule has 0 bridgehead atoms. The molecule has 5 heteroatoms. The van der Waals surface area contributed by atoms with E-state index in [0.717, 1.165) is 12.8 Å². The summed E-state index contributed by atoms with van der Waals surface area (Å²) >= 11 is 0. The molecule has 0 aromatic heterocycles. The molecule has 2 amide bonds. The fraction of sp³-hybridized carbons (Fsp3) is 0.462. The second-order valence-electron chi connectivity index (χ2n) is 4.34. The number of nitrogens with zero attached hydrogens (tertiary/aromatic N) is 1. The van der Waals surface area contributed by atoms with E-state index in [1.807, 2.05) is 24.3 Å². The first-order valence-electron chi connectivity index (χ1n) is 6.17. The summed E-state index contributed by atoms with van der Waals surface area (Å²) in [7, 11) is 1.59. The van der Waals surface area contributed by atoms with Crippen LogP contribution in [0.3, 0.4) is 0 Å². The minimum Gasteiger partial charge on any atom is -0.495 e. The van der Waals surface area contributed by atoms with Crippen molar-refractivity contribution in [3.8, 4) is 5.75 Å². The van der Waals surface area contributed by atoms with Gasteiger partial charge in [-0.2, -0.15) is 0 Å². The maximum Gasteiger partial charge on any atom is 0.322 e. The lowest BCUT2D eigenvalue weighted by atomic mass is 10.3. The van der Waals surface area contributed by atoms with Crippen molar-refractivity contribution in [1.82, 2.24) is 4.90 Å². The molecule has 1 saturated carbocycles. The number of anilines is 1. The molecular weight excluding hydrogens is 230 g/mol. The topological polar surface area (TPSA) is 67.6 Å². The number of carbonyl (C=O) groups excluding carboxylic acids is 1. The molecule has 0 unspecified atom stereocenters. The zero-order chi connectivity index (χ0) is 13.0. The molecule has 1 fully saturated rings. The third kappa shape index (κ3) is 2.92. The molecule has 2 rings (SSSR count). The molecule has 0 atom stereocenters. The largest absolute Gasteiger partial charge is 0.495 e. The van der Waals surface area contributed by atoms with E-state index in [-0.39, 0.29) is 6.03 Å². The number of amides is 2. The minimum absolute atomic E-state index is 0.104. The van der Waals surface area contributed by atoms with Gasteiger partial charge in [0, 0.05) is 19.1 Å². The summed E-state index contributed by atoms with van der Waals surface area (Å²) < 4.78 is 5.20. The Bertz CT molecular complexity index is 418. The lowest BCUT2D eigenvalue weighted by Gasteiger charge is -2.22. The van der Waals surface area contributed by atoms with Gasteiger partial charge >= 0.3 is 6.03 Å². The quantitative estimate of drug-likeness (QED) is 0.833. The van der Waals surface area contributed by atoms with E-state index < -0.39 is 0 Å². The van der Waals surface area contributed by atoms with E-state index in [4.69, 9.17) is 10.5 Å². The maximum absolute atomic E-state index is 12.2. The normalized spacial score (nSPS) is 14.1. The Morgan fingerprint density at radius 2 is 2.22 bits per heavy atom. The van der Waals surface area contributed by atoms with Gasteiger partial charge in [-0.3, -0.25) is 0 Å². The van der Waals surface area contributed by atoms with Crippen LogP contribution in [-0.4, -0.2) is 37.2 Å². The Kier molecular flexibility index (Phi) is 4.04. The third-order valence-electron chi connectivity index (χ3n) is 2.97. The lowest BCUT2D eigenvalue weighted by molar-refractivity contribution is 0.210. The Hall–Kier alpha value is -1.75. The molecule has 0 radical (unpaired) electrons. The number of carbonyl (C=O) groups is 1. The van der Waals surface area contributed by atoms with E-state index in [9.17, 15) is 4.79 Å². The molecular formula is C13H19N3O2. The van der Waals surface area contributed by atoms with Crippen LogP contribution in [0.1, 0.15) is 12.8 Å². The number of rotatable bonds is 5.